The Bertz CT molecular complexity index is 450. The van der Waals surface area contributed by atoms with Gasteiger partial charge in [-0.15, -0.1) is 23.7 Å². The molecule has 0 aliphatic rings. The number of rotatable bonds is 1. The number of aromatic nitrogens is 2. The summed E-state index contributed by atoms with van der Waals surface area (Å²) in [6, 6.07) is 0. The average molecular weight is 239 g/mol. The van der Waals surface area contributed by atoms with Crippen LogP contribution in [0.15, 0.2) is 11.6 Å². The SMILES string of the molecule is Cl.O=C(O)c1c(Cl)nc2sccn12. The molecule has 0 atom stereocenters. The third-order valence-electron chi connectivity index (χ3n) is 1.42. The van der Waals surface area contributed by atoms with Crippen LogP contribution in [0.5, 0.6) is 0 Å². The van der Waals surface area contributed by atoms with E-state index in [0.717, 1.165) is 0 Å². The topological polar surface area (TPSA) is 54.6 Å². The Kier molecular flexibility index (Phi) is 2.80. The van der Waals surface area contributed by atoms with E-state index in [4.69, 9.17) is 16.7 Å². The molecule has 0 radical (unpaired) electrons. The Morgan fingerprint density at radius 1 is 1.69 bits per heavy atom. The number of hydrogen-bond donors (Lipinski definition) is 1. The molecule has 2 heterocycles. The maximum absolute atomic E-state index is 10.7. The molecule has 0 fully saturated rings. The first-order valence-electron chi connectivity index (χ1n) is 3.04. The normalized spacial score (nSPS) is 9.92. The molecule has 1 N–H and O–H groups in total. The fraction of sp³-hybridized carbons (Fsp3) is 0. The first-order valence-corrected chi connectivity index (χ1v) is 4.30. The van der Waals surface area contributed by atoms with Crippen molar-refractivity contribution in [2.75, 3.05) is 0 Å². The Hall–Kier alpha value is -0.780. The van der Waals surface area contributed by atoms with Crippen LogP contribution >= 0.6 is 35.3 Å². The Labute approximate surface area is 88.2 Å². The van der Waals surface area contributed by atoms with Gasteiger partial charge in [0.2, 0.25) is 0 Å². The monoisotopic (exact) mass is 238 g/mol. The molecule has 2 aromatic rings. The molecule has 0 aromatic carbocycles. The molecule has 2 aromatic heterocycles. The number of carboxylic acids is 1. The van der Waals surface area contributed by atoms with E-state index in [1.807, 2.05) is 0 Å². The highest BCUT2D eigenvalue weighted by Crippen LogP contribution is 2.20. The molecule has 70 valence electrons. The highest BCUT2D eigenvalue weighted by atomic mass is 35.5. The molecule has 0 saturated carbocycles. The Balaban J connectivity index is 0.000000845. The molecule has 7 heteroatoms. The first kappa shape index (κ1) is 10.3. The predicted molar refractivity (Wildman–Crippen MR) is 52.3 cm³/mol. The van der Waals surface area contributed by atoms with Crippen LogP contribution in [0.2, 0.25) is 5.15 Å². The fourth-order valence-corrected chi connectivity index (χ4v) is 1.97. The molecule has 0 unspecified atom stereocenters. The van der Waals surface area contributed by atoms with Crippen LogP contribution in [-0.4, -0.2) is 20.5 Å². The van der Waals surface area contributed by atoms with E-state index in [9.17, 15) is 4.79 Å². The van der Waals surface area contributed by atoms with Crippen molar-refractivity contribution < 1.29 is 9.90 Å². The molecule has 0 aliphatic heterocycles. The maximum Gasteiger partial charge on any atom is 0.356 e. The highest BCUT2D eigenvalue weighted by molar-refractivity contribution is 7.15. The lowest BCUT2D eigenvalue weighted by Crippen LogP contribution is -2.00. The van der Waals surface area contributed by atoms with Gasteiger partial charge >= 0.3 is 5.97 Å². The summed E-state index contributed by atoms with van der Waals surface area (Å²) >= 11 is 6.94. The minimum absolute atomic E-state index is 0. The third kappa shape index (κ3) is 1.50. The number of hydrogen-bond acceptors (Lipinski definition) is 3. The molecule has 0 amide bonds. The van der Waals surface area contributed by atoms with Gasteiger partial charge in [-0.3, -0.25) is 4.40 Å². The molecule has 0 spiro atoms. The van der Waals surface area contributed by atoms with Crippen LogP contribution < -0.4 is 0 Å². The number of nitrogens with zero attached hydrogens (tertiary/aromatic N) is 2. The molecule has 4 nitrogen and oxygen atoms in total. The standard InChI is InChI=1S/C6H3ClN2O2S.ClH/c7-4-3(5(10)11)9-1-2-12-6(9)8-4;/h1-2H,(H,10,11);1H. The summed E-state index contributed by atoms with van der Waals surface area (Å²) in [5, 5.41) is 10.5. The summed E-state index contributed by atoms with van der Waals surface area (Å²) in [4.78, 5) is 15.1. The molecular formula is C6H4Cl2N2O2S. The number of imidazole rings is 1. The first-order chi connectivity index (χ1) is 5.70. The molecule has 0 saturated heterocycles. The summed E-state index contributed by atoms with van der Waals surface area (Å²) in [5.74, 6) is -1.06. The number of fused-ring (bicyclic) bond motifs is 1. The fourth-order valence-electron chi connectivity index (χ4n) is 0.951. The quantitative estimate of drug-likeness (QED) is 0.829. The predicted octanol–water partition coefficient (Wildman–Crippen LogP) is 2.17. The zero-order valence-corrected chi connectivity index (χ0v) is 8.49. The van der Waals surface area contributed by atoms with Gasteiger partial charge in [0.15, 0.2) is 15.8 Å². The van der Waals surface area contributed by atoms with E-state index in [-0.39, 0.29) is 23.3 Å². The van der Waals surface area contributed by atoms with Crippen LogP contribution in [0.1, 0.15) is 10.5 Å². The number of carbonyl (C=O) groups is 1. The molecule has 0 aliphatic carbocycles. The molecule has 0 bridgehead atoms. The van der Waals surface area contributed by atoms with Crippen LogP contribution in [0.3, 0.4) is 0 Å². The second-order valence-corrected chi connectivity index (χ2v) is 3.34. The van der Waals surface area contributed by atoms with Gasteiger partial charge in [-0.25, -0.2) is 9.78 Å². The second kappa shape index (κ2) is 3.53. The largest absolute Gasteiger partial charge is 0.476 e. The second-order valence-electron chi connectivity index (χ2n) is 2.11. The van der Waals surface area contributed by atoms with E-state index in [1.54, 1.807) is 11.6 Å². The van der Waals surface area contributed by atoms with Crippen molar-refractivity contribution in [3.05, 3.63) is 22.4 Å². The van der Waals surface area contributed by atoms with Gasteiger partial charge < -0.3 is 5.11 Å². The van der Waals surface area contributed by atoms with Gasteiger partial charge in [-0.1, -0.05) is 11.6 Å². The Morgan fingerprint density at radius 3 is 3.00 bits per heavy atom. The van der Waals surface area contributed by atoms with Gasteiger partial charge in [0.05, 0.1) is 0 Å². The van der Waals surface area contributed by atoms with Crippen molar-refractivity contribution in [2.24, 2.45) is 0 Å². The van der Waals surface area contributed by atoms with E-state index < -0.39 is 5.97 Å². The molecular weight excluding hydrogens is 235 g/mol. The minimum Gasteiger partial charge on any atom is -0.476 e. The van der Waals surface area contributed by atoms with Gasteiger partial charge in [0.25, 0.3) is 0 Å². The smallest absolute Gasteiger partial charge is 0.356 e. The third-order valence-corrected chi connectivity index (χ3v) is 2.44. The minimum atomic E-state index is -1.06. The summed E-state index contributed by atoms with van der Waals surface area (Å²) < 4.78 is 1.45. The van der Waals surface area contributed by atoms with Crippen molar-refractivity contribution in [3.8, 4) is 0 Å². The van der Waals surface area contributed by atoms with Crippen molar-refractivity contribution >= 4 is 46.3 Å². The van der Waals surface area contributed by atoms with Crippen LogP contribution in [0, 0.1) is 0 Å². The Morgan fingerprint density at radius 2 is 2.38 bits per heavy atom. The van der Waals surface area contributed by atoms with Gasteiger partial charge in [-0.05, 0) is 0 Å². The molecule has 2 rings (SSSR count). The number of aromatic carboxylic acids is 1. The maximum atomic E-state index is 10.7. The average Bonchev–Trinajstić information content (AvgIpc) is 2.44. The zero-order chi connectivity index (χ0) is 8.72. The lowest BCUT2D eigenvalue weighted by molar-refractivity contribution is 0.0689. The summed E-state index contributed by atoms with van der Waals surface area (Å²) in [6.07, 6.45) is 1.63. The van der Waals surface area contributed by atoms with E-state index in [0.29, 0.717) is 4.96 Å². The van der Waals surface area contributed by atoms with E-state index in [2.05, 4.69) is 4.98 Å². The number of halogens is 2. The summed E-state index contributed by atoms with van der Waals surface area (Å²) in [7, 11) is 0. The van der Waals surface area contributed by atoms with Crippen molar-refractivity contribution in [3.63, 3.8) is 0 Å². The van der Waals surface area contributed by atoms with Crippen molar-refractivity contribution in [2.45, 2.75) is 0 Å². The van der Waals surface area contributed by atoms with Gasteiger partial charge in [0.1, 0.15) is 0 Å². The number of carboxylic acid groups (broad SMARTS) is 1. The molecule has 13 heavy (non-hydrogen) atoms. The van der Waals surface area contributed by atoms with Gasteiger partial charge in [0, 0.05) is 11.6 Å². The highest BCUT2D eigenvalue weighted by Gasteiger charge is 2.16. The van der Waals surface area contributed by atoms with E-state index >= 15 is 0 Å². The van der Waals surface area contributed by atoms with Crippen LogP contribution in [0.4, 0.5) is 0 Å². The van der Waals surface area contributed by atoms with Crippen molar-refractivity contribution in [1.29, 1.82) is 0 Å². The van der Waals surface area contributed by atoms with Crippen molar-refractivity contribution in [1.82, 2.24) is 9.38 Å². The van der Waals surface area contributed by atoms with Crippen LogP contribution in [-0.2, 0) is 0 Å². The van der Waals surface area contributed by atoms with Gasteiger partial charge in [-0.2, -0.15) is 0 Å². The number of thiazole rings is 1. The zero-order valence-electron chi connectivity index (χ0n) is 6.10. The summed E-state index contributed by atoms with van der Waals surface area (Å²) in [5.41, 5.74) is 0.0212. The lowest BCUT2D eigenvalue weighted by Gasteiger charge is -1.89. The van der Waals surface area contributed by atoms with E-state index in [1.165, 1.54) is 15.7 Å². The summed E-state index contributed by atoms with van der Waals surface area (Å²) in [6.45, 7) is 0. The lowest BCUT2D eigenvalue weighted by atomic mass is 10.5. The van der Waals surface area contributed by atoms with Crippen LogP contribution in [0.25, 0.3) is 4.96 Å².